The Balaban J connectivity index is 1.59. The van der Waals surface area contributed by atoms with Gasteiger partial charge in [-0.2, -0.15) is 0 Å². The minimum Gasteiger partial charge on any atom is -0.469 e. The van der Waals surface area contributed by atoms with Crippen LogP contribution in [0, 0.1) is 13.8 Å². The predicted octanol–water partition coefficient (Wildman–Crippen LogP) is 6.00. The number of rotatable bonds is 7. The third-order valence-electron chi connectivity index (χ3n) is 5.27. The smallest absolute Gasteiger partial charge is 0.234 e. The van der Waals surface area contributed by atoms with Crippen molar-refractivity contribution >= 4 is 23.4 Å². The summed E-state index contributed by atoms with van der Waals surface area (Å²) in [6.07, 6.45) is 1.64. The maximum atomic E-state index is 12.8. The molecule has 0 saturated carbocycles. The third kappa shape index (κ3) is 4.48. The van der Waals surface area contributed by atoms with E-state index in [1.165, 1.54) is 11.8 Å². The molecule has 32 heavy (non-hydrogen) atoms. The van der Waals surface area contributed by atoms with E-state index < -0.39 is 0 Å². The first-order valence-corrected chi connectivity index (χ1v) is 11.5. The Morgan fingerprint density at radius 3 is 2.53 bits per heavy atom. The molecule has 2 heterocycles. The zero-order chi connectivity index (χ0) is 22.7. The third-order valence-corrected chi connectivity index (χ3v) is 6.20. The summed E-state index contributed by atoms with van der Waals surface area (Å²) in [5, 5.41) is 12.5. The molecule has 1 amide bonds. The Bertz CT molecular complexity index is 1230. The summed E-state index contributed by atoms with van der Waals surface area (Å²) in [5.74, 6) is 1.92. The quantitative estimate of drug-likeness (QED) is 0.353. The van der Waals surface area contributed by atoms with Gasteiger partial charge in [0.15, 0.2) is 11.0 Å². The van der Waals surface area contributed by atoms with E-state index in [-0.39, 0.29) is 11.7 Å². The Labute approximate surface area is 192 Å². The average Bonchev–Trinajstić information content (AvgIpc) is 3.39. The SMILES string of the molecule is Cc1cccc(C(C)C)c1NC(=O)CSc1nnc(-c2ccoc2C)n1-c1ccccc1. The molecule has 0 fully saturated rings. The van der Waals surface area contributed by atoms with Crippen LogP contribution in [-0.4, -0.2) is 26.4 Å². The maximum Gasteiger partial charge on any atom is 0.234 e. The first kappa shape index (κ1) is 21.9. The van der Waals surface area contributed by atoms with Gasteiger partial charge in [0, 0.05) is 11.4 Å². The van der Waals surface area contributed by atoms with Crippen molar-refractivity contribution in [3.63, 3.8) is 0 Å². The molecule has 2 aromatic heterocycles. The van der Waals surface area contributed by atoms with Crippen LogP contribution in [0.15, 0.2) is 70.4 Å². The van der Waals surface area contributed by atoms with Gasteiger partial charge in [-0.15, -0.1) is 10.2 Å². The van der Waals surface area contributed by atoms with E-state index in [9.17, 15) is 4.79 Å². The molecule has 0 bridgehead atoms. The van der Waals surface area contributed by atoms with Crippen molar-refractivity contribution in [2.45, 2.75) is 38.8 Å². The van der Waals surface area contributed by atoms with Gasteiger partial charge in [0.2, 0.25) is 5.91 Å². The number of aryl methyl sites for hydroxylation is 2. The lowest BCUT2D eigenvalue weighted by atomic mass is 9.98. The zero-order valence-corrected chi connectivity index (χ0v) is 19.4. The van der Waals surface area contributed by atoms with Crippen molar-refractivity contribution in [2.24, 2.45) is 0 Å². The molecular weight excluding hydrogens is 420 g/mol. The predicted molar refractivity (Wildman–Crippen MR) is 128 cm³/mol. The van der Waals surface area contributed by atoms with Crippen LogP contribution in [0.4, 0.5) is 5.69 Å². The van der Waals surface area contributed by atoms with Crippen LogP contribution in [0.3, 0.4) is 0 Å². The van der Waals surface area contributed by atoms with E-state index in [2.05, 4.69) is 35.4 Å². The Morgan fingerprint density at radius 2 is 1.84 bits per heavy atom. The monoisotopic (exact) mass is 446 g/mol. The van der Waals surface area contributed by atoms with E-state index in [1.807, 2.05) is 66.9 Å². The number of amides is 1. The number of hydrogen-bond donors (Lipinski definition) is 1. The molecule has 0 atom stereocenters. The maximum absolute atomic E-state index is 12.8. The number of para-hydroxylation sites is 2. The van der Waals surface area contributed by atoms with Crippen molar-refractivity contribution in [2.75, 3.05) is 11.1 Å². The highest BCUT2D eigenvalue weighted by Gasteiger charge is 2.20. The lowest BCUT2D eigenvalue weighted by Gasteiger charge is -2.16. The second-order valence-corrected chi connectivity index (χ2v) is 8.84. The molecule has 7 heteroatoms. The molecule has 0 aliphatic rings. The van der Waals surface area contributed by atoms with Gasteiger partial charge < -0.3 is 9.73 Å². The summed E-state index contributed by atoms with van der Waals surface area (Å²) in [4.78, 5) is 12.8. The highest BCUT2D eigenvalue weighted by molar-refractivity contribution is 7.99. The summed E-state index contributed by atoms with van der Waals surface area (Å²) in [6.45, 7) is 8.16. The molecule has 1 N–H and O–H groups in total. The van der Waals surface area contributed by atoms with Crippen molar-refractivity contribution in [3.05, 3.63) is 77.7 Å². The number of nitrogens with one attached hydrogen (secondary N) is 1. The topological polar surface area (TPSA) is 73.0 Å². The van der Waals surface area contributed by atoms with Crippen molar-refractivity contribution < 1.29 is 9.21 Å². The van der Waals surface area contributed by atoms with Crippen LogP contribution in [0.1, 0.15) is 36.7 Å². The number of hydrogen-bond acceptors (Lipinski definition) is 5. The van der Waals surface area contributed by atoms with Gasteiger partial charge in [0.1, 0.15) is 5.76 Å². The van der Waals surface area contributed by atoms with Crippen molar-refractivity contribution in [1.82, 2.24) is 14.8 Å². The minimum absolute atomic E-state index is 0.0742. The van der Waals surface area contributed by atoms with Crippen LogP contribution in [0.2, 0.25) is 0 Å². The van der Waals surface area contributed by atoms with E-state index in [0.717, 1.165) is 33.8 Å². The van der Waals surface area contributed by atoms with Crippen LogP contribution in [0.5, 0.6) is 0 Å². The molecule has 0 aliphatic heterocycles. The molecule has 0 radical (unpaired) electrons. The first-order valence-electron chi connectivity index (χ1n) is 10.5. The highest BCUT2D eigenvalue weighted by Crippen LogP contribution is 2.31. The summed E-state index contributed by atoms with van der Waals surface area (Å²) >= 11 is 1.36. The molecule has 164 valence electrons. The van der Waals surface area contributed by atoms with E-state index in [4.69, 9.17) is 4.42 Å². The minimum atomic E-state index is -0.0742. The molecule has 6 nitrogen and oxygen atoms in total. The fraction of sp³-hybridized carbons (Fsp3) is 0.240. The Kier molecular flexibility index (Phi) is 6.46. The number of furan rings is 1. The number of thioether (sulfide) groups is 1. The van der Waals surface area contributed by atoms with Gasteiger partial charge in [-0.3, -0.25) is 9.36 Å². The molecule has 0 unspecified atom stereocenters. The summed E-state index contributed by atoms with van der Waals surface area (Å²) in [7, 11) is 0. The van der Waals surface area contributed by atoms with Gasteiger partial charge in [0.25, 0.3) is 0 Å². The number of anilines is 1. The standard InChI is InChI=1S/C25H26N4O2S/c1-16(2)20-12-8-9-17(3)23(20)26-22(30)15-32-25-28-27-24(21-13-14-31-18(21)4)29(25)19-10-6-5-7-11-19/h5-14,16H,15H2,1-4H3,(H,26,30). The van der Waals surface area contributed by atoms with Crippen LogP contribution in [0.25, 0.3) is 17.1 Å². The molecule has 4 aromatic rings. The van der Waals surface area contributed by atoms with E-state index >= 15 is 0 Å². The van der Waals surface area contributed by atoms with Crippen molar-refractivity contribution in [1.29, 1.82) is 0 Å². The lowest BCUT2D eigenvalue weighted by Crippen LogP contribution is -2.17. The van der Waals surface area contributed by atoms with Gasteiger partial charge in [0.05, 0.1) is 17.6 Å². The van der Waals surface area contributed by atoms with E-state index in [0.29, 0.717) is 16.9 Å². The fourth-order valence-corrected chi connectivity index (χ4v) is 4.36. The van der Waals surface area contributed by atoms with Gasteiger partial charge in [-0.1, -0.05) is 62.0 Å². The molecule has 0 saturated heterocycles. The normalized spacial score (nSPS) is 11.2. The van der Waals surface area contributed by atoms with Gasteiger partial charge in [-0.05, 0) is 49.1 Å². The number of nitrogens with zero attached hydrogens (tertiary/aromatic N) is 3. The summed E-state index contributed by atoms with van der Waals surface area (Å²) in [6, 6.07) is 17.9. The molecular formula is C25H26N4O2S. The van der Waals surface area contributed by atoms with Gasteiger partial charge in [-0.25, -0.2) is 0 Å². The van der Waals surface area contributed by atoms with E-state index in [1.54, 1.807) is 6.26 Å². The number of aromatic nitrogens is 3. The Morgan fingerprint density at radius 1 is 1.06 bits per heavy atom. The zero-order valence-electron chi connectivity index (χ0n) is 18.6. The van der Waals surface area contributed by atoms with Crippen LogP contribution >= 0.6 is 11.8 Å². The Hall–Kier alpha value is -3.32. The average molecular weight is 447 g/mol. The lowest BCUT2D eigenvalue weighted by molar-refractivity contribution is -0.113. The number of carbonyl (C=O) groups excluding carboxylic acids is 1. The summed E-state index contributed by atoms with van der Waals surface area (Å²) in [5.41, 5.74) is 4.89. The second kappa shape index (κ2) is 9.44. The molecule has 4 rings (SSSR count). The van der Waals surface area contributed by atoms with Crippen LogP contribution in [-0.2, 0) is 4.79 Å². The second-order valence-electron chi connectivity index (χ2n) is 7.90. The molecule has 0 aliphatic carbocycles. The van der Waals surface area contributed by atoms with Crippen LogP contribution < -0.4 is 5.32 Å². The largest absolute Gasteiger partial charge is 0.469 e. The van der Waals surface area contributed by atoms with Gasteiger partial charge >= 0.3 is 0 Å². The highest BCUT2D eigenvalue weighted by atomic mass is 32.2. The molecule has 2 aromatic carbocycles. The summed E-state index contributed by atoms with van der Waals surface area (Å²) < 4.78 is 7.43. The van der Waals surface area contributed by atoms with Crippen molar-refractivity contribution in [3.8, 4) is 17.1 Å². The fourth-order valence-electron chi connectivity index (χ4n) is 3.61. The number of benzene rings is 2. The number of carbonyl (C=O) groups is 1. The first-order chi connectivity index (χ1) is 15.5. The molecule has 0 spiro atoms.